The molecule has 0 saturated heterocycles. The molecule has 0 aromatic heterocycles. The Kier molecular flexibility index (Phi) is 6.77. The molecule has 1 aromatic rings. The van der Waals surface area contributed by atoms with E-state index >= 15 is 0 Å². The van der Waals surface area contributed by atoms with Gasteiger partial charge in [0.2, 0.25) is 0 Å². The summed E-state index contributed by atoms with van der Waals surface area (Å²) in [6.45, 7) is -0.281. The number of benzene rings is 1. The maximum atomic E-state index is 13.5. The molecule has 0 bridgehead atoms. The van der Waals surface area contributed by atoms with Crippen LogP contribution in [0, 0.1) is 35.2 Å². The summed E-state index contributed by atoms with van der Waals surface area (Å²) in [6.07, 6.45) is 13.5. The summed E-state index contributed by atoms with van der Waals surface area (Å²) >= 11 is 0. The molecule has 0 atom stereocenters. The van der Waals surface area contributed by atoms with E-state index in [0.29, 0.717) is 23.8 Å². The topological polar surface area (TPSA) is 0 Å². The lowest BCUT2D eigenvalue weighted by molar-refractivity contribution is 0.171. The summed E-state index contributed by atoms with van der Waals surface area (Å²) in [5.74, 6) is -1.38. The minimum Gasteiger partial charge on any atom is -0.251 e. The van der Waals surface area contributed by atoms with E-state index in [9.17, 15) is 17.6 Å². The first-order chi connectivity index (χ1) is 12.6. The van der Waals surface area contributed by atoms with Gasteiger partial charge in [0.25, 0.3) is 0 Å². The Morgan fingerprint density at radius 1 is 0.808 bits per heavy atom. The van der Waals surface area contributed by atoms with E-state index in [-0.39, 0.29) is 12.6 Å². The smallest absolute Gasteiger partial charge is 0.194 e. The Morgan fingerprint density at radius 3 is 1.88 bits per heavy atom. The monoisotopic (exact) mass is 368 g/mol. The van der Waals surface area contributed by atoms with Crippen LogP contribution in [0.5, 0.6) is 0 Å². The molecule has 1 aromatic carbocycles. The van der Waals surface area contributed by atoms with E-state index in [4.69, 9.17) is 0 Å². The molecule has 0 spiro atoms. The first-order valence-electron chi connectivity index (χ1n) is 9.95. The zero-order valence-electron chi connectivity index (χ0n) is 15.2. The minimum atomic E-state index is -1.38. The van der Waals surface area contributed by atoms with Crippen molar-refractivity contribution in [1.82, 2.24) is 0 Å². The van der Waals surface area contributed by atoms with E-state index in [1.54, 1.807) is 0 Å². The summed E-state index contributed by atoms with van der Waals surface area (Å²) < 4.78 is 52.2. The second-order valence-corrected chi connectivity index (χ2v) is 7.99. The Morgan fingerprint density at radius 2 is 1.35 bits per heavy atom. The second kappa shape index (κ2) is 9.05. The SMILES string of the molecule is FCCC=CC1CCC(C2CCC(c3cc(F)c(F)c(F)c3)CC2)CC1. The molecule has 2 saturated carbocycles. The van der Waals surface area contributed by atoms with Crippen LogP contribution in [0.25, 0.3) is 0 Å². The largest absolute Gasteiger partial charge is 0.251 e. The van der Waals surface area contributed by atoms with Gasteiger partial charge in [-0.15, -0.1) is 0 Å². The van der Waals surface area contributed by atoms with Crippen LogP contribution in [0.15, 0.2) is 24.3 Å². The number of rotatable bonds is 5. The molecule has 3 rings (SSSR count). The van der Waals surface area contributed by atoms with Gasteiger partial charge in [-0.3, -0.25) is 4.39 Å². The molecule has 144 valence electrons. The second-order valence-electron chi connectivity index (χ2n) is 7.99. The molecule has 4 heteroatoms. The van der Waals surface area contributed by atoms with Gasteiger partial charge in [-0.2, -0.15) is 0 Å². The fraction of sp³-hybridized carbons (Fsp3) is 0.636. The molecular formula is C22H28F4. The van der Waals surface area contributed by atoms with Crippen LogP contribution in [0.4, 0.5) is 17.6 Å². The van der Waals surface area contributed by atoms with Crippen LogP contribution in [-0.2, 0) is 0 Å². The highest BCUT2D eigenvalue weighted by Gasteiger charge is 2.31. The van der Waals surface area contributed by atoms with Crippen LogP contribution >= 0.6 is 0 Å². The van der Waals surface area contributed by atoms with Gasteiger partial charge in [-0.05, 0) is 99.2 Å². The van der Waals surface area contributed by atoms with Crippen molar-refractivity contribution >= 4 is 0 Å². The van der Waals surface area contributed by atoms with Crippen LogP contribution < -0.4 is 0 Å². The van der Waals surface area contributed by atoms with Crippen molar-refractivity contribution in [3.05, 3.63) is 47.3 Å². The molecule has 0 N–H and O–H groups in total. The van der Waals surface area contributed by atoms with Crippen molar-refractivity contribution in [2.75, 3.05) is 6.67 Å². The molecule has 2 fully saturated rings. The number of allylic oxidation sites excluding steroid dienone is 2. The molecule has 0 unspecified atom stereocenters. The molecule has 26 heavy (non-hydrogen) atoms. The third-order valence-electron chi connectivity index (χ3n) is 6.42. The number of halogens is 4. The fourth-order valence-electron chi connectivity index (χ4n) is 4.90. The van der Waals surface area contributed by atoms with Crippen molar-refractivity contribution in [3.8, 4) is 0 Å². The third-order valence-corrected chi connectivity index (χ3v) is 6.42. The molecule has 0 aliphatic heterocycles. The molecular weight excluding hydrogens is 340 g/mol. The minimum absolute atomic E-state index is 0.135. The van der Waals surface area contributed by atoms with Gasteiger partial charge in [0.1, 0.15) is 0 Å². The fourth-order valence-corrected chi connectivity index (χ4v) is 4.90. The number of hydrogen-bond donors (Lipinski definition) is 0. The molecule has 0 heterocycles. The summed E-state index contributed by atoms with van der Waals surface area (Å²) in [5.41, 5.74) is 0.599. The molecule has 0 nitrogen and oxygen atoms in total. The van der Waals surface area contributed by atoms with Crippen LogP contribution in [-0.4, -0.2) is 6.67 Å². The standard InChI is InChI=1S/C22H28F4/c23-12-2-1-3-15-4-6-16(7-5-15)17-8-10-18(11-9-17)19-13-20(24)22(26)21(25)14-19/h1,3,13-18H,2,4-12H2. The predicted octanol–water partition coefficient (Wildman–Crippen LogP) is 7.10. The maximum absolute atomic E-state index is 13.5. The third kappa shape index (κ3) is 4.69. The van der Waals surface area contributed by atoms with Gasteiger partial charge in [0.15, 0.2) is 17.5 Å². The Hall–Kier alpha value is -1.32. The molecule has 2 aliphatic rings. The van der Waals surface area contributed by atoms with Gasteiger partial charge in [0.05, 0.1) is 6.67 Å². The quantitative estimate of drug-likeness (QED) is 0.295. The predicted molar refractivity (Wildman–Crippen MR) is 96.2 cm³/mol. The van der Waals surface area contributed by atoms with E-state index in [0.717, 1.165) is 31.6 Å². The first kappa shape index (κ1) is 19.4. The van der Waals surface area contributed by atoms with Crippen molar-refractivity contribution in [3.63, 3.8) is 0 Å². The Balaban J connectivity index is 1.49. The van der Waals surface area contributed by atoms with Gasteiger partial charge in [0, 0.05) is 0 Å². The van der Waals surface area contributed by atoms with Crippen molar-refractivity contribution in [2.24, 2.45) is 17.8 Å². The highest BCUT2D eigenvalue weighted by Crippen LogP contribution is 2.44. The Bertz CT molecular complexity index is 586. The molecule has 2 aliphatic carbocycles. The molecule has 0 radical (unpaired) electrons. The van der Waals surface area contributed by atoms with E-state index in [2.05, 4.69) is 6.08 Å². The maximum Gasteiger partial charge on any atom is 0.194 e. The summed E-state index contributed by atoms with van der Waals surface area (Å²) in [6, 6.07) is 2.33. The lowest BCUT2D eigenvalue weighted by Gasteiger charge is -2.37. The van der Waals surface area contributed by atoms with E-state index in [1.165, 1.54) is 37.8 Å². The highest BCUT2D eigenvalue weighted by atomic mass is 19.2. The normalized spacial score (nSPS) is 30.0. The van der Waals surface area contributed by atoms with Crippen molar-refractivity contribution < 1.29 is 17.6 Å². The average Bonchev–Trinajstić information content (AvgIpc) is 2.67. The van der Waals surface area contributed by atoms with Gasteiger partial charge < -0.3 is 0 Å². The van der Waals surface area contributed by atoms with Crippen LogP contribution in [0.1, 0.15) is 69.3 Å². The zero-order chi connectivity index (χ0) is 18.5. The lowest BCUT2D eigenvalue weighted by atomic mass is 9.68. The highest BCUT2D eigenvalue weighted by molar-refractivity contribution is 5.23. The van der Waals surface area contributed by atoms with Crippen molar-refractivity contribution in [2.45, 2.75) is 63.7 Å². The number of hydrogen-bond acceptors (Lipinski definition) is 0. The summed E-state index contributed by atoms with van der Waals surface area (Å²) in [7, 11) is 0. The Labute approximate surface area is 153 Å². The van der Waals surface area contributed by atoms with Crippen molar-refractivity contribution in [1.29, 1.82) is 0 Å². The van der Waals surface area contributed by atoms with Gasteiger partial charge in [-0.1, -0.05) is 12.2 Å². The van der Waals surface area contributed by atoms with Crippen LogP contribution in [0.3, 0.4) is 0 Å². The molecule has 0 amide bonds. The summed E-state index contributed by atoms with van der Waals surface area (Å²) in [5, 5.41) is 0. The summed E-state index contributed by atoms with van der Waals surface area (Å²) in [4.78, 5) is 0. The number of alkyl halides is 1. The average molecular weight is 368 g/mol. The zero-order valence-corrected chi connectivity index (χ0v) is 15.2. The van der Waals surface area contributed by atoms with E-state index < -0.39 is 17.5 Å². The first-order valence-corrected chi connectivity index (χ1v) is 9.95. The van der Waals surface area contributed by atoms with Gasteiger partial charge in [-0.25, -0.2) is 13.2 Å². The van der Waals surface area contributed by atoms with Gasteiger partial charge >= 0.3 is 0 Å². The van der Waals surface area contributed by atoms with E-state index in [1.807, 2.05) is 6.08 Å². The lowest BCUT2D eigenvalue weighted by Crippen LogP contribution is -2.25. The van der Waals surface area contributed by atoms with Crippen LogP contribution in [0.2, 0.25) is 0 Å².